The Kier molecular flexibility index (Phi) is 9.78. The average molecular weight is 473 g/mol. The fraction of sp³-hybridized carbons (Fsp3) is 0.433. The number of piperidine rings is 1. The van der Waals surface area contributed by atoms with E-state index in [1.807, 2.05) is 35.2 Å². The predicted octanol–water partition coefficient (Wildman–Crippen LogP) is 4.65. The molecule has 1 atom stereocenters. The molecule has 0 spiro atoms. The van der Waals surface area contributed by atoms with Crippen LogP contribution in [0.4, 0.5) is 5.69 Å². The number of anilines is 1. The van der Waals surface area contributed by atoms with E-state index in [4.69, 9.17) is 5.73 Å². The Morgan fingerprint density at radius 2 is 1.60 bits per heavy atom. The molecular weight excluding hydrogens is 434 g/mol. The second-order valence-corrected chi connectivity index (χ2v) is 9.84. The summed E-state index contributed by atoms with van der Waals surface area (Å²) in [6.07, 6.45) is 4.99. The van der Waals surface area contributed by atoms with Crippen LogP contribution in [-0.2, 0) is 9.59 Å². The lowest BCUT2D eigenvalue weighted by molar-refractivity contribution is -0.129. The molecule has 1 aliphatic heterocycles. The van der Waals surface area contributed by atoms with Gasteiger partial charge in [0.15, 0.2) is 0 Å². The topological polar surface area (TPSA) is 66.6 Å². The Morgan fingerprint density at radius 1 is 1.00 bits per heavy atom. The highest BCUT2D eigenvalue weighted by Gasteiger charge is 2.27. The molecule has 2 N–H and O–H groups in total. The molecule has 2 aromatic carbocycles. The molecule has 5 nitrogen and oxygen atoms in total. The van der Waals surface area contributed by atoms with Crippen LogP contribution >= 0.6 is 0 Å². The first kappa shape index (κ1) is 26.3. The zero-order valence-corrected chi connectivity index (χ0v) is 21.2. The van der Waals surface area contributed by atoms with E-state index in [-0.39, 0.29) is 17.7 Å². The minimum Gasteiger partial charge on any atom is -0.369 e. The van der Waals surface area contributed by atoms with Gasteiger partial charge in [-0.2, -0.15) is 0 Å². The summed E-state index contributed by atoms with van der Waals surface area (Å²) in [5, 5.41) is 0. The quantitative estimate of drug-likeness (QED) is 0.541. The van der Waals surface area contributed by atoms with Crippen LogP contribution in [0, 0.1) is 30.1 Å². The van der Waals surface area contributed by atoms with E-state index in [0.29, 0.717) is 18.4 Å². The first-order chi connectivity index (χ1) is 16.8. The number of hydrogen-bond acceptors (Lipinski definition) is 3. The third-order valence-corrected chi connectivity index (χ3v) is 6.62. The Bertz CT molecular complexity index is 1010. The van der Waals surface area contributed by atoms with E-state index in [1.54, 1.807) is 13.3 Å². The zero-order chi connectivity index (χ0) is 25.2. The second-order valence-electron chi connectivity index (χ2n) is 9.84. The molecular formula is C30H38N3O2. The summed E-state index contributed by atoms with van der Waals surface area (Å²) < 4.78 is 0. The van der Waals surface area contributed by atoms with Gasteiger partial charge in [-0.05, 0) is 68.0 Å². The number of carbonyl (C=O) groups is 2. The molecule has 1 heterocycles. The van der Waals surface area contributed by atoms with Crippen LogP contribution in [0.15, 0.2) is 54.6 Å². The van der Waals surface area contributed by atoms with Crippen LogP contribution < -0.4 is 10.6 Å². The Morgan fingerprint density at radius 3 is 2.17 bits per heavy atom. The van der Waals surface area contributed by atoms with Crippen LogP contribution in [0.5, 0.6) is 0 Å². The maximum atomic E-state index is 12.6. The highest BCUT2D eigenvalue weighted by molar-refractivity contribution is 5.86. The number of hydrogen-bond donors (Lipinski definition) is 1. The lowest BCUT2D eigenvalue weighted by Gasteiger charge is -2.40. The summed E-state index contributed by atoms with van der Waals surface area (Å²) in [5.74, 6) is 6.42. The van der Waals surface area contributed by atoms with E-state index >= 15 is 0 Å². The van der Waals surface area contributed by atoms with Gasteiger partial charge >= 0.3 is 0 Å². The van der Waals surface area contributed by atoms with Gasteiger partial charge in [-0.15, -0.1) is 0 Å². The van der Waals surface area contributed by atoms with Gasteiger partial charge in [0.2, 0.25) is 11.8 Å². The summed E-state index contributed by atoms with van der Waals surface area (Å²) in [4.78, 5) is 28.2. The Labute approximate surface area is 210 Å². The average Bonchev–Trinajstić information content (AvgIpc) is 2.87. The molecule has 5 heteroatoms. The molecule has 0 aromatic heterocycles. The molecule has 185 valence electrons. The van der Waals surface area contributed by atoms with Crippen molar-refractivity contribution < 1.29 is 9.59 Å². The molecule has 1 saturated heterocycles. The van der Waals surface area contributed by atoms with Crippen molar-refractivity contribution in [2.75, 3.05) is 24.5 Å². The van der Waals surface area contributed by atoms with Crippen molar-refractivity contribution in [3.63, 3.8) is 0 Å². The standard InChI is InChI=1S/C30H38N3O2/c1-23(2)17-22-33(27-14-12-26(13-15-27)11-10-25-7-5-4-6-8-25)28-18-20-32(21-19-28)29(34)16-9-24(3)30(31)35/h4-8,12-16,23-24,28H,9,17-22H2,1-3H3,(H2,31,35). The highest BCUT2D eigenvalue weighted by atomic mass is 16.2. The van der Waals surface area contributed by atoms with Crippen LogP contribution in [-0.4, -0.2) is 42.4 Å². The maximum Gasteiger partial charge on any atom is 0.226 e. The largest absolute Gasteiger partial charge is 0.369 e. The highest BCUT2D eigenvalue weighted by Crippen LogP contribution is 2.26. The van der Waals surface area contributed by atoms with Crippen LogP contribution in [0.3, 0.4) is 0 Å². The number of amides is 2. The summed E-state index contributed by atoms with van der Waals surface area (Å²) in [7, 11) is 0. The number of carbonyl (C=O) groups excluding carboxylic acids is 2. The van der Waals surface area contributed by atoms with Crippen molar-refractivity contribution in [3.05, 3.63) is 72.1 Å². The number of nitrogens with zero attached hydrogens (tertiary/aromatic N) is 2. The summed E-state index contributed by atoms with van der Waals surface area (Å²) >= 11 is 0. The molecule has 1 aliphatic rings. The molecule has 1 unspecified atom stereocenters. The third-order valence-electron chi connectivity index (χ3n) is 6.62. The van der Waals surface area contributed by atoms with Crippen molar-refractivity contribution in [1.82, 2.24) is 4.90 Å². The van der Waals surface area contributed by atoms with Crippen molar-refractivity contribution in [2.45, 2.75) is 52.5 Å². The predicted molar refractivity (Wildman–Crippen MR) is 143 cm³/mol. The van der Waals surface area contributed by atoms with Gasteiger partial charge in [0.1, 0.15) is 0 Å². The minimum absolute atomic E-state index is 0.00613. The van der Waals surface area contributed by atoms with Crippen molar-refractivity contribution >= 4 is 17.5 Å². The smallest absolute Gasteiger partial charge is 0.226 e. The molecule has 1 fully saturated rings. The fourth-order valence-corrected chi connectivity index (χ4v) is 4.24. The van der Waals surface area contributed by atoms with Crippen LogP contribution in [0.25, 0.3) is 0 Å². The number of benzene rings is 2. The zero-order valence-electron chi connectivity index (χ0n) is 21.2. The summed E-state index contributed by atoms with van der Waals surface area (Å²) in [5.41, 5.74) is 8.54. The van der Waals surface area contributed by atoms with Gasteiger partial charge in [0.25, 0.3) is 0 Å². The van der Waals surface area contributed by atoms with E-state index in [2.05, 4.69) is 54.9 Å². The van der Waals surface area contributed by atoms with Crippen LogP contribution in [0.2, 0.25) is 0 Å². The van der Waals surface area contributed by atoms with E-state index in [1.165, 1.54) is 5.69 Å². The van der Waals surface area contributed by atoms with Gasteiger partial charge in [0.05, 0.1) is 6.42 Å². The molecule has 35 heavy (non-hydrogen) atoms. The van der Waals surface area contributed by atoms with Gasteiger partial charge in [-0.25, -0.2) is 0 Å². The Balaban J connectivity index is 1.62. The number of likely N-dealkylation sites (tertiary alicyclic amines) is 1. The maximum absolute atomic E-state index is 12.6. The van der Waals surface area contributed by atoms with E-state index in [0.717, 1.165) is 50.0 Å². The lowest BCUT2D eigenvalue weighted by atomic mass is 9.99. The minimum atomic E-state index is -0.370. The molecule has 0 bridgehead atoms. The van der Waals surface area contributed by atoms with E-state index < -0.39 is 0 Å². The Hall–Kier alpha value is -3.26. The third kappa shape index (κ3) is 8.17. The van der Waals surface area contributed by atoms with Crippen molar-refractivity contribution in [3.8, 4) is 11.8 Å². The SMILES string of the molecule is CC(C)CCN(c1ccc(C#Cc2ccccc2)cc1)C1CCN(C(=O)[CH]CC(C)C(N)=O)CC1. The lowest BCUT2D eigenvalue weighted by Crippen LogP contribution is -2.47. The van der Waals surface area contributed by atoms with Gasteiger partial charge in [0, 0.05) is 48.4 Å². The monoisotopic (exact) mass is 472 g/mol. The number of nitrogens with two attached hydrogens (primary N) is 1. The molecule has 0 aliphatic carbocycles. The molecule has 3 rings (SSSR count). The molecule has 0 saturated carbocycles. The van der Waals surface area contributed by atoms with Gasteiger partial charge in [-0.1, -0.05) is 50.8 Å². The van der Waals surface area contributed by atoms with Crippen molar-refractivity contribution in [2.24, 2.45) is 17.6 Å². The fourth-order valence-electron chi connectivity index (χ4n) is 4.24. The number of primary amides is 1. The van der Waals surface area contributed by atoms with E-state index in [9.17, 15) is 9.59 Å². The normalized spacial score (nSPS) is 14.8. The van der Waals surface area contributed by atoms with Crippen LogP contribution in [0.1, 0.15) is 57.6 Å². The van der Waals surface area contributed by atoms with Crippen molar-refractivity contribution in [1.29, 1.82) is 0 Å². The number of rotatable bonds is 9. The first-order valence-electron chi connectivity index (χ1n) is 12.7. The second kappa shape index (κ2) is 13.0. The summed E-state index contributed by atoms with van der Waals surface area (Å²) in [6, 6.07) is 19.0. The first-order valence-corrected chi connectivity index (χ1v) is 12.7. The van der Waals surface area contributed by atoms with Gasteiger partial charge < -0.3 is 15.5 Å². The van der Waals surface area contributed by atoms with Gasteiger partial charge in [-0.3, -0.25) is 9.59 Å². The summed E-state index contributed by atoms with van der Waals surface area (Å²) in [6.45, 7) is 8.71. The molecule has 2 aromatic rings. The molecule has 1 radical (unpaired) electrons. The molecule has 2 amide bonds.